The number of carbonyl (C=O) groups is 2. The van der Waals surface area contributed by atoms with Gasteiger partial charge in [-0.3, -0.25) is 14.5 Å². The van der Waals surface area contributed by atoms with E-state index in [2.05, 4.69) is 5.32 Å². The molecule has 1 aliphatic rings. The van der Waals surface area contributed by atoms with Crippen molar-refractivity contribution in [3.63, 3.8) is 0 Å². The van der Waals surface area contributed by atoms with E-state index in [9.17, 15) is 9.59 Å². The SMILES string of the molecule is CCC1Nc2cc(C)ccc2N(CC(=O)OCCOC)C1=O. The first-order chi connectivity index (χ1) is 10.6. The maximum Gasteiger partial charge on any atom is 0.326 e. The fraction of sp³-hybridized carbons (Fsp3) is 0.500. The summed E-state index contributed by atoms with van der Waals surface area (Å²) < 4.78 is 9.90. The summed E-state index contributed by atoms with van der Waals surface area (Å²) >= 11 is 0. The Hall–Kier alpha value is -2.08. The van der Waals surface area contributed by atoms with Crippen molar-refractivity contribution in [2.75, 3.05) is 37.1 Å². The molecule has 1 N–H and O–H groups in total. The lowest BCUT2D eigenvalue weighted by atomic mass is 10.1. The molecule has 1 unspecified atom stereocenters. The van der Waals surface area contributed by atoms with Crippen LogP contribution in [-0.4, -0.2) is 44.8 Å². The molecular formula is C16H22N2O4. The standard InChI is InChI=1S/C16H22N2O4/c1-4-12-16(20)18(10-15(19)22-8-7-21-3)14-6-5-11(2)9-13(14)17-12/h5-6,9,12,17H,4,7-8,10H2,1-3H3. The minimum atomic E-state index is -0.436. The Morgan fingerprint density at radius 3 is 2.82 bits per heavy atom. The van der Waals surface area contributed by atoms with Crippen molar-refractivity contribution in [2.24, 2.45) is 0 Å². The molecule has 1 aliphatic heterocycles. The number of hydrogen-bond acceptors (Lipinski definition) is 5. The van der Waals surface area contributed by atoms with Crippen LogP contribution < -0.4 is 10.2 Å². The molecule has 1 aromatic carbocycles. The predicted octanol–water partition coefficient (Wildman–Crippen LogP) is 1.72. The highest BCUT2D eigenvalue weighted by molar-refractivity contribution is 6.07. The lowest BCUT2D eigenvalue weighted by Gasteiger charge is -2.34. The number of rotatable bonds is 6. The Kier molecular flexibility index (Phi) is 5.38. The number of esters is 1. The van der Waals surface area contributed by atoms with Crippen LogP contribution in [0.3, 0.4) is 0 Å². The molecule has 0 saturated heterocycles. The van der Waals surface area contributed by atoms with Crippen LogP contribution in [0.1, 0.15) is 18.9 Å². The fourth-order valence-electron chi connectivity index (χ4n) is 2.41. The fourth-order valence-corrected chi connectivity index (χ4v) is 2.41. The second-order valence-corrected chi connectivity index (χ2v) is 5.26. The minimum absolute atomic E-state index is 0.0865. The number of nitrogens with one attached hydrogen (secondary N) is 1. The van der Waals surface area contributed by atoms with E-state index in [0.717, 1.165) is 11.3 Å². The van der Waals surface area contributed by atoms with Gasteiger partial charge in [-0.25, -0.2) is 0 Å². The Morgan fingerprint density at radius 1 is 1.36 bits per heavy atom. The summed E-state index contributed by atoms with van der Waals surface area (Å²) in [5.41, 5.74) is 2.68. The number of benzene rings is 1. The van der Waals surface area contributed by atoms with E-state index in [-0.39, 0.29) is 25.1 Å². The number of anilines is 2. The number of ether oxygens (including phenoxy) is 2. The zero-order chi connectivity index (χ0) is 16.1. The summed E-state index contributed by atoms with van der Waals surface area (Å²) in [5, 5.41) is 3.23. The van der Waals surface area contributed by atoms with E-state index < -0.39 is 5.97 Å². The molecule has 6 heteroatoms. The molecule has 120 valence electrons. The molecular weight excluding hydrogens is 284 g/mol. The summed E-state index contributed by atoms with van der Waals surface area (Å²) in [4.78, 5) is 25.9. The Labute approximate surface area is 130 Å². The number of amides is 1. The molecule has 2 rings (SSSR count). The summed E-state index contributed by atoms with van der Waals surface area (Å²) in [6, 6.07) is 5.43. The summed E-state index contributed by atoms with van der Waals surface area (Å²) in [5.74, 6) is -0.545. The third kappa shape index (κ3) is 3.57. The first-order valence-electron chi connectivity index (χ1n) is 7.40. The topological polar surface area (TPSA) is 67.9 Å². The van der Waals surface area contributed by atoms with Crippen LogP contribution in [0.2, 0.25) is 0 Å². The molecule has 1 heterocycles. The highest BCUT2D eigenvalue weighted by Gasteiger charge is 2.32. The van der Waals surface area contributed by atoms with Crippen molar-refractivity contribution in [1.82, 2.24) is 0 Å². The maximum atomic E-state index is 12.5. The van der Waals surface area contributed by atoms with E-state index in [4.69, 9.17) is 9.47 Å². The Balaban J connectivity index is 2.17. The van der Waals surface area contributed by atoms with Gasteiger partial charge in [-0.05, 0) is 31.0 Å². The zero-order valence-corrected chi connectivity index (χ0v) is 13.2. The summed E-state index contributed by atoms with van der Waals surface area (Å²) in [7, 11) is 1.54. The number of methoxy groups -OCH3 is 1. The van der Waals surface area contributed by atoms with Gasteiger partial charge in [-0.15, -0.1) is 0 Å². The van der Waals surface area contributed by atoms with Crippen molar-refractivity contribution < 1.29 is 19.1 Å². The molecule has 0 saturated carbocycles. The molecule has 0 aliphatic carbocycles. The van der Waals surface area contributed by atoms with Gasteiger partial charge in [-0.1, -0.05) is 13.0 Å². The third-order valence-electron chi connectivity index (χ3n) is 3.58. The van der Waals surface area contributed by atoms with Gasteiger partial charge in [0.25, 0.3) is 0 Å². The molecule has 0 aromatic heterocycles. The van der Waals surface area contributed by atoms with Crippen LogP contribution >= 0.6 is 0 Å². The third-order valence-corrected chi connectivity index (χ3v) is 3.58. The van der Waals surface area contributed by atoms with Crippen molar-refractivity contribution in [1.29, 1.82) is 0 Å². The average Bonchev–Trinajstić information content (AvgIpc) is 2.50. The molecule has 1 amide bonds. The monoisotopic (exact) mass is 306 g/mol. The average molecular weight is 306 g/mol. The highest BCUT2D eigenvalue weighted by atomic mass is 16.6. The van der Waals surface area contributed by atoms with E-state index >= 15 is 0 Å². The van der Waals surface area contributed by atoms with Crippen molar-refractivity contribution in [3.05, 3.63) is 23.8 Å². The van der Waals surface area contributed by atoms with Gasteiger partial charge in [0.2, 0.25) is 5.91 Å². The molecule has 0 radical (unpaired) electrons. The molecule has 0 bridgehead atoms. The first-order valence-corrected chi connectivity index (χ1v) is 7.40. The van der Waals surface area contributed by atoms with E-state index in [0.29, 0.717) is 18.7 Å². The van der Waals surface area contributed by atoms with Crippen LogP contribution in [-0.2, 0) is 19.1 Å². The van der Waals surface area contributed by atoms with Gasteiger partial charge >= 0.3 is 5.97 Å². The van der Waals surface area contributed by atoms with Gasteiger partial charge in [0.05, 0.1) is 18.0 Å². The number of fused-ring (bicyclic) bond motifs is 1. The quantitative estimate of drug-likeness (QED) is 0.640. The van der Waals surface area contributed by atoms with Crippen molar-refractivity contribution in [3.8, 4) is 0 Å². The van der Waals surface area contributed by atoms with E-state index in [1.807, 2.05) is 32.0 Å². The second-order valence-electron chi connectivity index (χ2n) is 5.26. The lowest BCUT2D eigenvalue weighted by molar-refractivity contribution is -0.144. The Bertz CT molecular complexity index is 559. The van der Waals surface area contributed by atoms with Crippen molar-refractivity contribution >= 4 is 23.3 Å². The summed E-state index contributed by atoms with van der Waals surface area (Å²) in [6.07, 6.45) is 0.654. The highest BCUT2D eigenvalue weighted by Crippen LogP contribution is 2.32. The first kappa shape index (κ1) is 16.3. The second kappa shape index (κ2) is 7.26. The van der Waals surface area contributed by atoms with Gasteiger partial charge in [0.1, 0.15) is 19.2 Å². The molecule has 6 nitrogen and oxygen atoms in total. The number of hydrogen-bond donors (Lipinski definition) is 1. The molecule has 1 atom stereocenters. The van der Waals surface area contributed by atoms with Gasteiger partial charge < -0.3 is 14.8 Å². The van der Waals surface area contributed by atoms with Gasteiger partial charge in [0.15, 0.2) is 0 Å². The zero-order valence-electron chi connectivity index (χ0n) is 13.2. The molecule has 0 spiro atoms. The smallest absolute Gasteiger partial charge is 0.326 e. The van der Waals surface area contributed by atoms with Crippen LogP contribution in [0.4, 0.5) is 11.4 Å². The molecule has 22 heavy (non-hydrogen) atoms. The van der Waals surface area contributed by atoms with E-state index in [1.54, 1.807) is 0 Å². The Morgan fingerprint density at radius 2 is 2.14 bits per heavy atom. The minimum Gasteiger partial charge on any atom is -0.462 e. The lowest BCUT2D eigenvalue weighted by Crippen LogP contribution is -2.49. The largest absolute Gasteiger partial charge is 0.462 e. The van der Waals surface area contributed by atoms with Crippen molar-refractivity contribution in [2.45, 2.75) is 26.3 Å². The normalized spacial score (nSPS) is 17.0. The number of nitrogens with zero attached hydrogens (tertiary/aromatic N) is 1. The van der Waals surface area contributed by atoms with Crippen LogP contribution in [0.25, 0.3) is 0 Å². The van der Waals surface area contributed by atoms with Crippen LogP contribution in [0.15, 0.2) is 18.2 Å². The predicted molar refractivity (Wildman–Crippen MR) is 84.1 cm³/mol. The summed E-state index contributed by atoms with van der Waals surface area (Å²) in [6.45, 7) is 4.37. The van der Waals surface area contributed by atoms with Gasteiger partial charge in [-0.2, -0.15) is 0 Å². The number of carbonyl (C=O) groups excluding carboxylic acids is 2. The van der Waals surface area contributed by atoms with Gasteiger partial charge in [0, 0.05) is 7.11 Å². The number of aryl methyl sites for hydroxylation is 1. The molecule has 1 aromatic rings. The van der Waals surface area contributed by atoms with Crippen LogP contribution in [0, 0.1) is 6.92 Å². The van der Waals surface area contributed by atoms with E-state index in [1.165, 1.54) is 12.0 Å². The molecule has 0 fully saturated rings. The maximum absolute atomic E-state index is 12.5. The van der Waals surface area contributed by atoms with Crippen LogP contribution in [0.5, 0.6) is 0 Å².